The number of rotatable bonds is 8. The van der Waals surface area contributed by atoms with Gasteiger partial charge >= 0.3 is 6.01 Å². The number of hydrogen-bond donors (Lipinski definition) is 2. The number of aliphatic hydroxyl groups excluding tert-OH is 1. The lowest BCUT2D eigenvalue weighted by Gasteiger charge is -2.29. The average molecular weight is 519 g/mol. The summed E-state index contributed by atoms with van der Waals surface area (Å²) < 4.78 is 61.8. The number of amides is 1. The van der Waals surface area contributed by atoms with Crippen molar-refractivity contribution in [2.45, 2.75) is 57.0 Å². The summed E-state index contributed by atoms with van der Waals surface area (Å²) in [7, 11) is 0. The number of halogens is 4. The molecule has 2 N–H and O–H groups in total. The minimum atomic E-state index is -2.78. The average Bonchev–Trinajstić information content (AvgIpc) is 2.86. The van der Waals surface area contributed by atoms with Gasteiger partial charge < -0.3 is 15.2 Å². The molecule has 1 saturated carbocycles. The number of anilines is 1. The minimum absolute atomic E-state index is 0.0187. The van der Waals surface area contributed by atoms with Gasteiger partial charge in [0.15, 0.2) is 0 Å². The molecule has 3 aromatic rings. The highest BCUT2D eigenvalue weighted by Crippen LogP contribution is 2.44. The van der Waals surface area contributed by atoms with E-state index in [1.807, 2.05) is 0 Å². The van der Waals surface area contributed by atoms with E-state index in [1.54, 1.807) is 6.92 Å². The van der Waals surface area contributed by atoms with Gasteiger partial charge in [-0.05, 0) is 44.0 Å². The SMILES string of the molecule is CC(CCO)Oc1ncc(C(=O)Nc2c(-c3cc(F)ccc3F)ccnc2C2CCC(F)(F)CC2)cn1. The molecule has 196 valence electrons. The van der Waals surface area contributed by atoms with E-state index in [0.29, 0.717) is 12.1 Å². The predicted octanol–water partition coefficient (Wildman–Crippen LogP) is 5.51. The molecule has 1 amide bonds. The molecule has 1 aromatic carbocycles. The van der Waals surface area contributed by atoms with Crippen LogP contribution in [0.5, 0.6) is 6.01 Å². The van der Waals surface area contributed by atoms with Gasteiger partial charge in [-0.1, -0.05) is 0 Å². The monoisotopic (exact) mass is 518 g/mol. The van der Waals surface area contributed by atoms with Crippen molar-refractivity contribution in [2.75, 3.05) is 11.9 Å². The van der Waals surface area contributed by atoms with E-state index in [9.17, 15) is 22.4 Å². The molecule has 4 rings (SSSR count). The number of aromatic nitrogens is 3. The fourth-order valence-electron chi connectivity index (χ4n) is 4.26. The molecule has 1 aliphatic rings. The zero-order valence-electron chi connectivity index (χ0n) is 20.1. The van der Waals surface area contributed by atoms with Crippen LogP contribution in [0.25, 0.3) is 11.1 Å². The third-order valence-electron chi connectivity index (χ3n) is 6.27. The van der Waals surface area contributed by atoms with Crippen LogP contribution in [0.1, 0.15) is 61.0 Å². The van der Waals surface area contributed by atoms with Crippen LogP contribution in [0, 0.1) is 11.6 Å². The van der Waals surface area contributed by atoms with E-state index in [0.717, 1.165) is 18.2 Å². The van der Waals surface area contributed by atoms with Crippen LogP contribution in [0.4, 0.5) is 23.2 Å². The maximum absolute atomic E-state index is 14.7. The highest BCUT2D eigenvalue weighted by Gasteiger charge is 2.37. The van der Waals surface area contributed by atoms with Crippen LogP contribution in [-0.4, -0.2) is 44.6 Å². The van der Waals surface area contributed by atoms with Crippen molar-refractivity contribution in [1.82, 2.24) is 15.0 Å². The molecule has 1 atom stereocenters. The Morgan fingerprint density at radius 2 is 1.84 bits per heavy atom. The molecule has 1 unspecified atom stereocenters. The molecule has 0 spiro atoms. The Morgan fingerprint density at radius 3 is 2.51 bits per heavy atom. The Morgan fingerprint density at radius 1 is 1.14 bits per heavy atom. The van der Waals surface area contributed by atoms with Crippen LogP contribution >= 0.6 is 0 Å². The Balaban J connectivity index is 1.67. The normalized spacial score (nSPS) is 16.3. The molecule has 0 bridgehead atoms. The Bertz CT molecular complexity index is 1250. The lowest BCUT2D eigenvalue weighted by Crippen LogP contribution is -2.25. The second kappa shape index (κ2) is 11.2. The first-order valence-corrected chi connectivity index (χ1v) is 11.9. The van der Waals surface area contributed by atoms with Gasteiger partial charge in [-0.15, -0.1) is 0 Å². The van der Waals surface area contributed by atoms with Crippen molar-refractivity contribution >= 4 is 11.6 Å². The summed E-state index contributed by atoms with van der Waals surface area (Å²) in [4.78, 5) is 25.5. The van der Waals surface area contributed by atoms with E-state index in [4.69, 9.17) is 9.84 Å². The standard InChI is InChI=1S/C26H26F4N4O3/c1-15(7-11-35)37-25-32-13-17(14-33-25)24(36)34-23-19(20-12-18(27)2-3-21(20)28)6-10-31-22(23)16-4-8-26(29,30)9-5-16/h2-3,6,10,12-16,35H,4-5,7-9,11H2,1H3,(H,34,36). The molecule has 0 radical (unpaired) electrons. The van der Waals surface area contributed by atoms with Crippen molar-refractivity contribution in [3.05, 3.63) is 65.7 Å². The topological polar surface area (TPSA) is 97.2 Å². The van der Waals surface area contributed by atoms with Gasteiger partial charge in [-0.3, -0.25) is 9.78 Å². The second-order valence-corrected chi connectivity index (χ2v) is 9.02. The molecule has 1 fully saturated rings. The zero-order chi connectivity index (χ0) is 26.6. The first-order chi connectivity index (χ1) is 17.7. The van der Waals surface area contributed by atoms with Crippen molar-refractivity contribution in [3.8, 4) is 17.1 Å². The maximum Gasteiger partial charge on any atom is 0.316 e. The summed E-state index contributed by atoms with van der Waals surface area (Å²) in [5.74, 6) is -5.23. The summed E-state index contributed by atoms with van der Waals surface area (Å²) in [6.07, 6.45) is 3.48. The second-order valence-electron chi connectivity index (χ2n) is 9.02. The molecule has 37 heavy (non-hydrogen) atoms. The molecule has 1 aliphatic carbocycles. The summed E-state index contributed by atoms with van der Waals surface area (Å²) in [5, 5.41) is 11.7. The van der Waals surface area contributed by atoms with Gasteiger partial charge in [-0.25, -0.2) is 27.5 Å². The van der Waals surface area contributed by atoms with Crippen LogP contribution in [0.15, 0.2) is 42.9 Å². The number of alkyl halides is 2. The molecule has 2 heterocycles. The lowest BCUT2D eigenvalue weighted by molar-refractivity contribution is -0.0384. The lowest BCUT2D eigenvalue weighted by atomic mass is 9.83. The van der Waals surface area contributed by atoms with Crippen molar-refractivity contribution in [1.29, 1.82) is 0 Å². The third-order valence-corrected chi connectivity index (χ3v) is 6.27. The number of hydrogen-bond acceptors (Lipinski definition) is 6. The molecular formula is C26H26F4N4O3. The van der Waals surface area contributed by atoms with E-state index >= 15 is 0 Å². The highest BCUT2D eigenvalue weighted by molar-refractivity contribution is 6.06. The molecule has 2 aromatic heterocycles. The number of nitrogens with zero attached hydrogens (tertiary/aromatic N) is 3. The van der Waals surface area contributed by atoms with Crippen LogP contribution in [0.3, 0.4) is 0 Å². The van der Waals surface area contributed by atoms with Crippen LogP contribution < -0.4 is 10.1 Å². The van der Waals surface area contributed by atoms with Gasteiger partial charge in [0.05, 0.1) is 16.9 Å². The van der Waals surface area contributed by atoms with Crippen molar-refractivity contribution < 1.29 is 32.2 Å². The number of aliphatic hydroxyl groups is 1. The number of benzene rings is 1. The Hall–Kier alpha value is -3.60. The quantitative estimate of drug-likeness (QED) is 0.382. The number of pyridine rings is 1. The fourth-order valence-corrected chi connectivity index (χ4v) is 4.26. The van der Waals surface area contributed by atoms with E-state index in [-0.39, 0.29) is 66.8 Å². The summed E-state index contributed by atoms with van der Waals surface area (Å²) in [6, 6.07) is 4.41. The van der Waals surface area contributed by atoms with Gasteiger partial charge in [-0.2, -0.15) is 0 Å². The Kier molecular flexibility index (Phi) is 8.01. The molecule has 11 heteroatoms. The predicted molar refractivity (Wildman–Crippen MR) is 128 cm³/mol. The van der Waals surface area contributed by atoms with Gasteiger partial charge in [0.25, 0.3) is 5.91 Å². The summed E-state index contributed by atoms with van der Waals surface area (Å²) in [5.41, 5.74) is 0.565. The molecule has 0 aliphatic heterocycles. The molecular weight excluding hydrogens is 492 g/mol. The van der Waals surface area contributed by atoms with E-state index in [2.05, 4.69) is 20.3 Å². The van der Waals surface area contributed by atoms with Crippen LogP contribution in [-0.2, 0) is 0 Å². The first kappa shape index (κ1) is 26.5. The number of nitrogens with one attached hydrogen (secondary N) is 1. The fraction of sp³-hybridized carbons (Fsp3) is 0.385. The zero-order valence-corrected chi connectivity index (χ0v) is 20.1. The van der Waals surface area contributed by atoms with Crippen molar-refractivity contribution in [2.24, 2.45) is 0 Å². The molecule has 7 nitrogen and oxygen atoms in total. The van der Waals surface area contributed by atoms with E-state index < -0.39 is 29.4 Å². The first-order valence-electron chi connectivity index (χ1n) is 11.9. The largest absolute Gasteiger partial charge is 0.460 e. The number of carbonyl (C=O) groups is 1. The van der Waals surface area contributed by atoms with E-state index in [1.165, 1.54) is 24.7 Å². The third kappa shape index (κ3) is 6.40. The smallest absolute Gasteiger partial charge is 0.316 e. The van der Waals surface area contributed by atoms with Gasteiger partial charge in [0.1, 0.15) is 17.7 Å². The number of ether oxygens (including phenoxy) is 1. The highest BCUT2D eigenvalue weighted by atomic mass is 19.3. The van der Waals surface area contributed by atoms with Gasteiger partial charge in [0, 0.05) is 61.5 Å². The van der Waals surface area contributed by atoms with Crippen molar-refractivity contribution in [3.63, 3.8) is 0 Å². The summed E-state index contributed by atoms with van der Waals surface area (Å²) >= 11 is 0. The summed E-state index contributed by atoms with van der Waals surface area (Å²) in [6.45, 7) is 1.67. The number of carbonyl (C=O) groups excluding carboxylic acids is 1. The van der Waals surface area contributed by atoms with Gasteiger partial charge in [0.2, 0.25) is 5.92 Å². The molecule has 0 saturated heterocycles. The van der Waals surface area contributed by atoms with Crippen LogP contribution in [0.2, 0.25) is 0 Å². The minimum Gasteiger partial charge on any atom is -0.460 e. The maximum atomic E-state index is 14.7. The Labute approximate surface area is 210 Å².